The third-order valence-electron chi connectivity index (χ3n) is 2.89. The molecule has 0 aliphatic carbocycles. The molecule has 84 valence electrons. The highest BCUT2D eigenvalue weighted by Crippen LogP contribution is 2.27. The van der Waals surface area contributed by atoms with Crippen molar-refractivity contribution >= 4 is 33.2 Å². The number of hydrogen-bond acceptors (Lipinski definition) is 2. The number of amides is 1. The van der Waals surface area contributed by atoms with Gasteiger partial charge in [0.05, 0.1) is 0 Å². The van der Waals surface area contributed by atoms with Crippen molar-refractivity contribution in [2.75, 3.05) is 7.05 Å². The second-order valence-electron chi connectivity index (χ2n) is 4.13. The van der Waals surface area contributed by atoms with Gasteiger partial charge in [-0.3, -0.25) is 4.79 Å². The molecule has 0 N–H and O–H groups in total. The predicted octanol–water partition coefficient (Wildman–Crippen LogP) is 3.77. The van der Waals surface area contributed by atoms with E-state index in [-0.39, 0.29) is 11.4 Å². The Morgan fingerprint density at radius 2 is 2.20 bits per heavy atom. The van der Waals surface area contributed by atoms with Crippen molar-refractivity contribution in [2.45, 2.75) is 32.7 Å². The van der Waals surface area contributed by atoms with Gasteiger partial charge in [0.1, 0.15) is 4.88 Å². The first-order valence-corrected chi connectivity index (χ1v) is 6.58. The van der Waals surface area contributed by atoms with E-state index < -0.39 is 0 Å². The standard InChI is InChI=1S/C11H16BrNOS/c1-5-11(2,3)13(4)10(14)9-8(12)6-7-15-9/h6-7H,5H2,1-4H3. The summed E-state index contributed by atoms with van der Waals surface area (Å²) in [6, 6.07) is 1.91. The van der Waals surface area contributed by atoms with E-state index in [9.17, 15) is 4.79 Å². The van der Waals surface area contributed by atoms with Crippen LogP contribution in [0.4, 0.5) is 0 Å². The summed E-state index contributed by atoms with van der Waals surface area (Å²) in [5.41, 5.74) is -0.0967. The molecule has 0 saturated heterocycles. The lowest BCUT2D eigenvalue weighted by Crippen LogP contribution is -2.44. The van der Waals surface area contributed by atoms with Gasteiger partial charge in [0, 0.05) is 17.1 Å². The molecule has 0 radical (unpaired) electrons. The number of halogens is 1. The van der Waals surface area contributed by atoms with Crippen LogP contribution in [0.3, 0.4) is 0 Å². The third-order valence-corrected chi connectivity index (χ3v) is 4.71. The number of carbonyl (C=O) groups is 1. The van der Waals surface area contributed by atoms with Crippen LogP contribution >= 0.6 is 27.3 Å². The van der Waals surface area contributed by atoms with Crippen LogP contribution in [0.25, 0.3) is 0 Å². The summed E-state index contributed by atoms with van der Waals surface area (Å²) in [7, 11) is 1.86. The molecule has 0 fully saturated rings. The van der Waals surface area contributed by atoms with E-state index in [1.165, 1.54) is 11.3 Å². The number of hydrogen-bond donors (Lipinski definition) is 0. The van der Waals surface area contributed by atoms with Crippen LogP contribution in [0, 0.1) is 0 Å². The molecule has 0 bridgehead atoms. The van der Waals surface area contributed by atoms with Gasteiger partial charge in [-0.15, -0.1) is 11.3 Å². The van der Waals surface area contributed by atoms with Crippen molar-refractivity contribution in [3.63, 3.8) is 0 Å². The van der Waals surface area contributed by atoms with Crippen molar-refractivity contribution in [2.24, 2.45) is 0 Å². The lowest BCUT2D eigenvalue weighted by atomic mass is 10.00. The first-order chi connectivity index (χ1) is 6.90. The molecule has 4 heteroatoms. The van der Waals surface area contributed by atoms with E-state index in [0.717, 1.165) is 15.8 Å². The van der Waals surface area contributed by atoms with Crippen LogP contribution in [-0.4, -0.2) is 23.4 Å². The molecule has 1 heterocycles. The lowest BCUT2D eigenvalue weighted by molar-refractivity contribution is 0.0624. The molecule has 0 spiro atoms. The molecule has 1 aromatic heterocycles. The normalized spacial score (nSPS) is 11.5. The second-order valence-corrected chi connectivity index (χ2v) is 5.90. The summed E-state index contributed by atoms with van der Waals surface area (Å²) in [6.45, 7) is 6.24. The van der Waals surface area contributed by atoms with E-state index in [1.807, 2.05) is 23.4 Å². The topological polar surface area (TPSA) is 20.3 Å². The Morgan fingerprint density at radius 3 is 2.60 bits per heavy atom. The molecule has 0 aliphatic heterocycles. The summed E-state index contributed by atoms with van der Waals surface area (Å²) in [5, 5.41) is 1.92. The van der Waals surface area contributed by atoms with E-state index in [0.29, 0.717) is 0 Å². The Kier molecular flexibility index (Phi) is 3.95. The van der Waals surface area contributed by atoms with Gasteiger partial charge in [0.25, 0.3) is 5.91 Å². The van der Waals surface area contributed by atoms with Crippen LogP contribution in [0.5, 0.6) is 0 Å². The maximum Gasteiger partial charge on any atom is 0.265 e. The van der Waals surface area contributed by atoms with Crippen molar-refractivity contribution in [1.82, 2.24) is 4.90 Å². The van der Waals surface area contributed by atoms with Gasteiger partial charge in [0.2, 0.25) is 0 Å². The SMILES string of the molecule is CCC(C)(C)N(C)C(=O)c1sccc1Br. The smallest absolute Gasteiger partial charge is 0.265 e. The first-order valence-electron chi connectivity index (χ1n) is 4.91. The zero-order valence-corrected chi connectivity index (χ0v) is 11.9. The van der Waals surface area contributed by atoms with Crippen LogP contribution in [-0.2, 0) is 0 Å². The third kappa shape index (κ3) is 2.61. The van der Waals surface area contributed by atoms with Crippen molar-refractivity contribution in [3.05, 3.63) is 20.8 Å². The number of rotatable bonds is 3. The largest absolute Gasteiger partial charge is 0.336 e. The maximum atomic E-state index is 12.1. The highest BCUT2D eigenvalue weighted by atomic mass is 79.9. The quantitative estimate of drug-likeness (QED) is 0.829. The molecule has 1 amide bonds. The average Bonchev–Trinajstić information content (AvgIpc) is 2.62. The van der Waals surface area contributed by atoms with Gasteiger partial charge in [-0.25, -0.2) is 0 Å². The molecule has 15 heavy (non-hydrogen) atoms. The van der Waals surface area contributed by atoms with Gasteiger partial charge in [0.15, 0.2) is 0 Å². The molecule has 0 atom stereocenters. The molecular formula is C11H16BrNOS. The summed E-state index contributed by atoms with van der Waals surface area (Å²) >= 11 is 4.86. The molecular weight excluding hydrogens is 274 g/mol. The van der Waals surface area contributed by atoms with Gasteiger partial charge in [-0.05, 0) is 47.6 Å². The Hall–Kier alpha value is -0.350. The fraction of sp³-hybridized carbons (Fsp3) is 0.545. The summed E-state index contributed by atoms with van der Waals surface area (Å²) in [5.74, 6) is 0.0868. The van der Waals surface area contributed by atoms with Gasteiger partial charge < -0.3 is 4.90 Å². The number of carbonyl (C=O) groups excluding carboxylic acids is 1. The number of nitrogens with zero attached hydrogens (tertiary/aromatic N) is 1. The second kappa shape index (κ2) is 4.66. The zero-order chi connectivity index (χ0) is 11.6. The Bertz CT molecular complexity index is 359. The van der Waals surface area contributed by atoms with Crippen molar-refractivity contribution in [3.8, 4) is 0 Å². The molecule has 0 saturated carbocycles. The monoisotopic (exact) mass is 289 g/mol. The van der Waals surface area contributed by atoms with Crippen LogP contribution < -0.4 is 0 Å². The predicted molar refractivity (Wildman–Crippen MR) is 68.5 cm³/mol. The molecule has 0 aromatic carbocycles. The molecule has 1 aromatic rings. The minimum atomic E-state index is -0.0967. The fourth-order valence-electron chi connectivity index (χ4n) is 1.11. The summed E-state index contributed by atoms with van der Waals surface area (Å²) in [6.07, 6.45) is 0.943. The van der Waals surface area contributed by atoms with E-state index in [1.54, 1.807) is 0 Å². The van der Waals surface area contributed by atoms with Crippen LogP contribution in [0.1, 0.15) is 36.9 Å². The zero-order valence-electron chi connectivity index (χ0n) is 9.50. The molecule has 0 aliphatic rings. The minimum Gasteiger partial charge on any atom is -0.336 e. The van der Waals surface area contributed by atoms with E-state index in [2.05, 4.69) is 36.7 Å². The highest BCUT2D eigenvalue weighted by Gasteiger charge is 2.27. The van der Waals surface area contributed by atoms with E-state index in [4.69, 9.17) is 0 Å². The Balaban J connectivity index is 2.92. The van der Waals surface area contributed by atoms with Crippen LogP contribution in [0.15, 0.2) is 15.9 Å². The molecule has 0 unspecified atom stereocenters. The lowest BCUT2D eigenvalue weighted by Gasteiger charge is -2.34. The highest BCUT2D eigenvalue weighted by molar-refractivity contribution is 9.10. The van der Waals surface area contributed by atoms with Crippen molar-refractivity contribution < 1.29 is 4.79 Å². The minimum absolute atomic E-state index is 0.0868. The van der Waals surface area contributed by atoms with Gasteiger partial charge in [-0.1, -0.05) is 6.92 Å². The fourth-order valence-corrected chi connectivity index (χ4v) is 2.63. The van der Waals surface area contributed by atoms with Crippen LogP contribution in [0.2, 0.25) is 0 Å². The Morgan fingerprint density at radius 1 is 1.60 bits per heavy atom. The van der Waals surface area contributed by atoms with Gasteiger partial charge >= 0.3 is 0 Å². The summed E-state index contributed by atoms with van der Waals surface area (Å²) < 4.78 is 0.885. The van der Waals surface area contributed by atoms with Crippen molar-refractivity contribution in [1.29, 1.82) is 0 Å². The Labute approximate surface area is 103 Å². The molecule has 1 rings (SSSR count). The number of thiophene rings is 1. The van der Waals surface area contributed by atoms with Gasteiger partial charge in [-0.2, -0.15) is 0 Å². The van der Waals surface area contributed by atoms with E-state index >= 15 is 0 Å². The molecule has 2 nitrogen and oxygen atoms in total. The average molecular weight is 290 g/mol. The maximum absolute atomic E-state index is 12.1. The summed E-state index contributed by atoms with van der Waals surface area (Å²) in [4.78, 5) is 14.7. The first kappa shape index (κ1) is 12.7.